The zero-order valence-electron chi connectivity index (χ0n) is 15.9. The van der Waals surface area contributed by atoms with Crippen LogP contribution >= 0.6 is 0 Å². The number of hydrogen-bond donors (Lipinski definition) is 1. The average molecular weight is 373 g/mol. The molecule has 4 aliphatic rings. The minimum atomic E-state index is -0.143. The zero-order valence-corrected chi connectivity index (χ0v) is 15.9. The molecule has 146 valence electrons. The van der Waals surface area contributed by atoms with Crippen LogP contribution in [0.4, 0.5) is 4.39 Å². The molecule has 1 N–H and O–H groups in total. The maximum atomic E-state index is 12.7. The molecule has 5 rings (SSSR count). The van der Waals surface area contributed by atoms with E-state index in [0.717, 1.165) is 51.1 Å². The summed E-state index contributed by atoms with van der Waals surface area (Å²) in [5.74, 6) is 0.992. The van der Waals surface area contributed by atoms with Crippen LogP contribution in [0.1, 0.15) is 51.0 Å². The van der Waals surface area contributed by atoms with Crippen molar-refractivity contribution in [3.8, 4) is 5.75 Å². The molecule has 5 heteroatoms. The van der Waals surface area contributed by atoms with Crippen LogP contribution in [0, 0.1) is 5.41 Å². The molecule has 1 heterocycles. The Hall–Kier alpha value is -1.88. The fourth-order valence-corrected chi connectivity index (χ4v) is 4.81. The van der Waals surface area contributed by atoms with Crippen LogP contribution in [-0.4, -0.2) is 31.8 Å². The van der Waals surface area contributed by atoms with Crippen LogP contribution in [0.5, 0.6) is 5.75 Å². The van der Waals surface area contributed by atoms with Crippen molar-refractivity contribution in [2.45, 2.75) is 56.9 Å². The number of carbonyl (C=O) groups excluding carboxylic acids is 1. The van der Waals surface area contributed by atoms with Gasteiger partial charge in [-0.15, -0.1) is 0 Å². The van der Waals surface area contributed by atoms with Gasteiger partial charge in [0.25, 0.3) is 0 Å². The van der Waals surface area contributed by atoms with Gasteiger partial charge in [0.1, 0.15) is 12.4 Å². The Kier molecular flexibility index (Phi) is 4.97. The van der Waals surface area contributed by atoms with Gasteiger partial charge in [0, 0.05) is 19.3 Å². The van der Waals surface area contributed by atoms with E-state index in [4.69, 9.17) is 9.47 Å². The lowest BCUT2D eigenvalue weighted by Crippen LogP contribution is -2.70. The third-order valence-corrected chi connectivity index (χ3v) is 6.57. The predicted octanol–water partition coefficient (Wildman–Crippen LogP) is 4.05. The van der Waals surface area contributed by atoms with E-state index in [1.807, 2.05) is 19.1 Å². The standard InChI is InChI=1S/C22H28FNO3/c1-2-16(11-23)12-27-19-5-3-17(4-6-19)21-13-22(14-21,15-21)20(25)24-18-7-9-26-10-8-18/h3-6,11,18H,2,7-10,12-15H2,1H3,(H,24,25)/b16-11+. The Bertz CT molecular complexity index is 702. The summed E-state index contributed by atoms with van der Waals surface area (Å²) in [6.07, 6.45) is 5.95. The van der Waals surface area contributed by atoms with E-state index in [0.29, 0.717) is 18.3 Å². The van der Waals surface area contributed by atoms with Crippen molar-refractivity contribution in [1.29, 1.82) is 0 Å². The minimum absolute atomic E-state index is 0.143. The number of rotatable bonds is 7. The molecule has 2 bridgehead atoms. The van der Waals surface area contributed by atoms with E-state index in [2.05, 4.69) is 17.4 Å². The molecular formula is C22H28FNO3. The molecule has 3 aliphatic carbocycles. The van der Waals surface area contributed by atoms with Crippen LogP contribution < -0.4 is 10.1 Å². The summed E-state index contributed by atoms with van der Waals surface area (Å²) in [4.78, 5) is 12.7. The highest BCUT2D eigenvalue weighted by Crippen LogP contribution is 2.73. The van der Waals surface area contributed by atoms with Crippen LogP contribution in [0.25, 0.3) is 0 Å². The van der Waals surface area contributed by atoms with Gasteiger partial charge < -0.3 is 14.8 Å². The number of hydrogen-bond acceptors (Lipinski definition) is 3. The molecule has 1 amide bonds. The molecule has 4 fully saturated rings. The summed E-state index contributed by atoms with van der Waals surface area (Å²) in [7, 11) is 0. The lowest BCUT2D eigenvalue weighted by Gasteiger charge is -2.69. The van der Waals surface area contributed by atoms with Crippen molar-refractivity contribution < 1.29 is 18.7 Å². The lowest BCUT2D eigenvalue weighted by molar-refractivity contribution is -0.177. The number of amides is 1. The first kappa shape index (κ1) is 18.5. The highest BCUT2D eigenvalue weighted by Gasteiger charge is 2.71. The second-order valence-electron chi connectivity index (χ2n) is 8.39. The molecule has 4 nitrogen and oxygen atoms in total. The molecule has 0 unspecified atom stereocenters. The minimum Gasteiger partial charge on any atom is -0.489 e. The van der Waals surface area contributed by atoms with Gasteiger partial charge in [0.2, 0.25) is 5.91 Å². The van der Waals surface area contributed by atoms with E-state index in [-0.39, 0.29) is 29.4 Å². The van der Waals surface area contributed by atoms with Crippen molar-refractivity contribution >= 4 is 5.91 Å². The van der Waals surface area contributed by atoms with E-state index in [9.17, 15) is 9.18 Å². The van der Waals surface area contributed by atoms with Gasteiger partial charge in [-0.05, 0) is 67.2 Å². The molecule has 0 atom stereocenters. The third kappa shape index (κ3) is 3.38. The first-order valence-electron chi connectivity index (χ1n) is 9.99. The van der Waals surface area contributed by atoms with Crippen molar-refractivity contribution in [3.05, 3.63) is 41.7 Å². The van der Waals surface area contributed by atoms with Gasteiger partial charge in [0.15, 0.2) is 0 Å². The largest absolute Gasteiger partial charge is 0.489 e. The first-order valence-corrected chi connectivity index (χ1v) is 9.99. The molecule has 27 heavy (non-hydrogen) atoms. The average Bonchev–Trinajstić information content (AvgIpc) is 2.62. The normalized spacial score (nSPS) is 30.2. The Morgan fingerprint density at radius 2 is 1.93 bits per heavy atom. The molecular weight excluding hydrogens is 345 g/mol. The Balaban J connectivity index is 1.30. The number of halogens is 1. The van der Waals surface area contributed by atoms with Crippen LogP contribution in [0.2, 0.25) is 0 Å². The summed E-state index contributed by atoms with van der Waals surface area (Å²) < 4.78 is 23.6. The Morgan fingerprint density at radius 1 is 1.26 bits per heavy atom. The number of ether oxygens (including phenoxy) is 2. The fourth-order valence-electron chi connectivity index (χ4n) is 4.81. The highest BCUT2D eigenvalue weighted by molar-refractivity contribution is 5.87. The second kappa shape index (κ2) is 7.27. The van der Waals surface area contributed by atoms with Crippen LogP contribution in [0.15, 0.2) is 36.2 Å². The van der Waals surface area contributed by atoms with Crippen molar-refractivity contribution in [1.82, 2.24) is 5.32 Å². The monoisotopic (exact) mass is 373 g/mol. The Labute approximate surface area is 160 Å². The number of carbonyl (C=O) groups is 1. The van der Waals surface area contributed by atoms with Gasteiger partial charge in [0.05, 0.1) is 11.7 Å². The number of benzene rings is 1. The van der Waals surface area contributed by atoms with Gasteiger partial charge in [-0.3, -0.25) is 4.79 Å². The maximum absolute atomic E-state index is 12.7. The zero-order chi connectivity index (χ0) is 18.9. The van der Waals surface area contributed by atoms with E-state index in [1.165, 1.54) is 5.56 Å². The summed E-state index contributed by atoms with van der Waals surface area (Å²) in [6, 6.07) is 8.38. The molecule has 0 radical (unpaired) electrons. The van der Waals surface area contributed by atoms with E-state index >= 15 is 0 Å². The summed E-state index contributed by atoms with van der Waals surface area (Å²) in [6.45, 7) is 3.69. The molecule has 0 spiro atoms. The van der Waals surface area contributed by atoms with Gasteiger partial charge in [-0.2, -0.15) is 0 Å². The van der Waals surface area contributed by atoms with Crippen LogP contribution in [-0.2, 0) is 14.9 Å². The molecule has 3 saturated carbocycles. The summed E-state index contributed by atoms with van der Waals surface area (Å²) >= 11 is 0. The van der Waals surface area contributed by atoms with E-state index in [1.54, 1.807) is 0 Å². The number of nitrogens with one attached hydrogen (secondary N) is 1. The summed E-state index contributed by atoms with van der Waals surface area (Å²) in [5.41, 5.74) is 1.96. The maximum Gasteiger partial charge on any atom is 0.226 e. The molecule has 1 saturated heterocycles. The third-order valence-electron chi connectivity index (χ3n) is 6.57. The fraction of sp³-hybridized carbons (Fsp3) is 0.591. The molecule has 1 aliphatic heterocycles. The summed E-state index contributed by atoms with van der Waals surface area (Å²) in [5, 5.41) is 3.24. The lowest BCUT2D eigenvalue weighted by atomic mass is 9.33. The highest BCUT2D eigenvalue weighted by atomic mass is 19.1. The second-order valence-corrected chi connectivity index (χ2v) is 8.39. The van der Waals surface area contributed by atoms with Crippen molar-refractivity contribution in [3.63, 3.8) is 0 Å². The first-order chi connectivity index (χ1) is 13.1. The van der Waals surface area contributed by atoms with Crippen molar-refractivity contribution in [2.24, 2.45) is 5.41 Å². The topological polar surface area (TPSA) is 47.6 Å². The van der Waals surface area contributed by atoms with Gasteiger partial charge >= 0.3 is 0 Å². The van der Waals surface area contributed by atoms with Gasteiger partial charge in [-0.1, -0.05) is 19.1 Å². The smallest absolute Gasteiger partial charge is 0.226 e. The quantitative estimate of drug-likeness (QED) is 0.784. The SMILES string of the molecule is CC/C(=C\F)COc1ccc(C23CC(C(=O)NC4CCOCC4)(C2)C3)cc1. The predicted molar refractivity (Wildman–Crippen MR) is 101 cm³/mol. The van der Waals surface area contributed by atoms with Gasteiger partial charge in [-0.25, -0.2) is 4.39 Å². The molecule has 0 aromatic heterocycles. The van der Waals surface area contributed by atoms with Crippen molar-refractivity contribution in [2.75, 3.05) is 19.8 Å². The Morgan fingerprint density at radius 3 is 2.52 bits per heavy atom. The van der Waals surface area contributed by atoms with Crippen LogP contribution in [0.3, 0.4) is 0 Å². The molecule has 1 aromatic rings. The van der Waals surface area contributed by atoms with E-state index < -0.39 is 0 Å². The molecule has 1 aromatic carbocycles.